The fourth-order valence-electron chi connectivity index (χ4n) is 1.40. The highest BCUT2D eigenvalue weighted by molar-refractivity contribution is 6.30. The third kappa shape index (κ3) is 3.22. The molecule has 6 heteroatoms. The zero-order valence-corrected chi connectivity index (χ0v) is 11.7. The fourth-order valence-corrected chi connectivity index (χ4v) is 1.59. The molecule has 4 nitrogen and oxygen atoms in total. The van der Waals surface area contributed by atoms with E-state index in [1.165, 1.54) is 0 Å². The zero-order chi connectivity index (χ0) is 12.4. The quantitative estimate of drug-likeness (QED) is 0.939. The van der Waals surface area contributed by atoms with Crippen LogP contribution in [0.1, 0.15) is 25.8 Å². The van der Waals surface area contributed by atoms with Crippen LogP contribution in [0.5, 0.6) is 0 Å². The molecule has 0 saturated heterocycles. The summed E-state index contributed by atoms with van der Waals surface area (Å²) in [6.45, 7) is 4.02. The largest absolute Gasteiger partial charge is 0.337 e. The van der Waals surface area contributed by atoms with Crippen molar-refractivity contribution >= 4 is 24.0 Å². The summed E-state index contributed by atoms with van der Waals surface area (Å²) in [5, 5.41) is 4.55. The standard InChI is InChI=1S/C12H14ClN3O.ClH/c1-7(2)10(14)12-15-11(16-17-12)8-4-3-5-9(13)6-8;/h3-7,10H,14H2,1-2H3;1H/t10-;/m1./s1. The Bertz CT molecular complexity index is 514. The minimum atomic E-state index is -0.240. The van der Waals surface area contributed by atoms with Gasteiger partial charge < -0.3 is 10.3 Å². The molecule has 1 atom stereocenters. The van der Waals surface area contributed by atoms with Crippen molar-refractivity contribution in [2.75, 3.05) is 0 Å². The zero-order valence-electron chi connectivity index (χ0n) is 10.1. The van der Waals surface area contributed by atoms with Gasteiger partial charge in [0, 0.05) is 10.6 Å². The molecular formula is C12H15Cl2N3O. The minimum absolute atomic E-state index is 0. The molecule has 0 aliphatic carbocycles. The van der Waals surface area contributed by atoms with Crippen molar-refractivity contribution in [2.24, 2.45) is 11.7 Å². The molecule has 0 aliphatic rings. The number of aromatic nitrogens is 2. The van der Waals surface area contributed by atoms with Gasteiger partial charge in [0.15, 0.2) is 0 Å². The molecule has 2 rings (SSSR count). The molecule has 0 fully saturated rings. The Kier molecular flexibility index (Phi) is 5.14. The van der Waals surface area contributed by atoms with Crippen LogP contribution in [0.15, 0.2) is 28.8 Å². The van der Waals surface area contributed by atoms with Crippen LogP contribution in [-0.4, -0.2) is 10.1 Å². The highest BCUT2D eigenvalue weighted by atomic mass is 35.5. The number of nitrogens with zero attached hydrogens (tertiary/aromatic N) is 2. The van der Waals surface area contributed by atoms with E-state index in [4.69, 9.17) is 21.9 Å². The van der Waals surface area contributed by atoms with Crippen LogP contribution < -0.4 is 5.73 Å². The lowest BCUT2D eigenvalue weighted by Crippen LogP contribution is -2.16. The summed E-state index contributed by atoms with van der Waals surface area (Å²) in [4.78, 5) is 4.28. The van der Waals surface area contributed by atoms with Gasteiger partial charge in [-0.3, -0.25) is 0 Å². The van der Waals surface area contributed by atoms with Crippen molar-refractivity contribution in [1.82, 2.24) is 10.1 Å². The maximum atomic E-state index is 5.94. The maximum absolute atomic E-state index is 5.94. The smallest absolute Gasteiger partial charge is 0.244 e. The van der Waals surface area contributed by atoms with Crippen molar-refractivity contribution in [3.63, 3.8) is 0 Å². The predicted octanol–water partition coefficient (Wildman–Crippen LogP) is 3.47. The predicted molar refractivity (Wildman–Crippen MR) is 73.8 cm³/mol. The van der Waals surface area contributed by atoms with E-state index in [2.05, 4.69) is 10.1 Å². The SMILES string of the molecule is CC(C)[C@@H](N)c1nc(-c2cccc(Cl)c2)no1.Cl. The average molecular weight is 288 g/mol. The molecule has 0 aliphatic heterocycles. The van der Waals surface area contributed by atoms with E-state index in [0.29, 0.717) is 16.7 Å². The topological polar surface area (TPSA) is 64.9 Å². The number of hydrogen-bond donors (Lipinski definition) is 1. The lowest BCUT2D eigenvalue weighted by Gasteiger charge is -2.09. The molecular weight excluding hydrogens is 273 g/mol. The number of benzene rings is 1. The van der Waals surface area contributed by atoms with Crippen molar-refractivity contribution < 1.29 is 4.52 Å². The lowest BCUT2D eigenvalue weighted by molar-refractivity contribution is 0.325. The Labute approximate surface area is 117 Å². The Morgan fingerprint density at radius 1 is 1.33 bits per heavy atom. The highest BCUT2D eigenvalue weighted by Gasteiger charge is 2.18. The number of halogens is 2. The van der Waals surface area contributed by atoms with Crippen LogP contribution in [0.4, 0.5) is 0 Å². The molecule has 1 aromatic carbocycles. The van der Waals surface area contributed by atoms with Crippen molar-refractivity contribution in [1.29, 1.82) is 0 Å². The monoisotopic (exact) mass is 287 g/mol. The van der Waals surface area contributed by atoms with Gasteiger partial charge in [-0.25, -0.2) is 0 Å². The van der Waals surface area contributed by atoms with Crippen molar-refractivity contribution in [2.45, 2.75) is 19.9 Å². The van der Waals surface area contributed by atoms with E-state index >= 15 is 0 Å². The Hall–Kier alpha value is -1.10. The number of nitrogens with two attached hydrogens (primary N) is 1. The van der Waals surface area contributed by atoms with Crippen molar-refractivity contribution in [3.8, 4) is 11.4 Å². The molecule has 0 amide bonds. The summed E-state index contributed by atoms with van der Waals surface area (Å²) in [5.41, 5.74) is 6.76. The molecule has 98 valence electrons. The summed E-state index contributed by atoms with van der Waals surface area (Å²) >= 11 is 5.90. The van der Waals surface area contributed by atoms with Gasteiger partial charge in [-0.15, -0.1) is 12.4 Å². The summed E-state index contributed by atoms with van der Waals surface area (Å²) < 4.78 is 5.15. The molecule has 2 aromatic rings. The van der Waals surface area contributed by atoms with E-state index in [1.807, 2.05) is 26.0 Å². The van der Waals surface area contributed by atoms with Gasteiger partial charge in [0.25, 0.3) is 0 Å². The van der Waals surface area contributed by atoms with Crippen LogP contribution in [0.2, 0.25) is 5.02 Å². The second-order valence-electron chi connectivity index (χ2n) is 4.24. The van der Waals surface area contributed by atoms with Crippen LogP contribution in [0.25, 0.3) is 11.4 Å². The van der Waals surface area contributed by atoms with Gasteiger partial charge in [0.05, 0.1) is 6.04 Å². The summed E-state index contributed by atoms with van der Waals surface area (Å²) in [6, 6.07) is 7.07. The second-order valence-corrected chi connectivity index (χ2v) is 4.67. The molecule has 1 aromatic heterocycles. The Morgan fingerprint density at radius 3 is 2.67 bits per heavy atom. The van der Waals surface area contributed by atoms with Crippen LogP contribution in [0.3, 0.4) is 0 Å². The molecule has 0 unspecified atom stereocenters. The Balaban J connectivity index is 0.00000162. The molecule has 18 heavy (non-hydrogen) atoms. The summed E-state index contributed by atoms with van der Waals surface area (Å²) in [5.74, 6) is 1.22. The van der Waals surface area contributed by atoms with Gasteiger partial charge in [-0.05, 0) is 18.1 Å². The van der Waals surface area contributed by atoms with Gasteiger partial charge >= 0.3 is 0 Å². The number of hydrogen-bond acceptors (Lipinski definition) is 4. The number of rotatable bonds is 3. The summed E-state index contributed by atoms with van der Waals surface area (Å²) in [7, 11) is 0. The van der Waals surface area contributed by atoms with Gasteiger partial charge in [0.2, 0.25) is 11.7 Å². The molecule has 0 radical (unpaired) electrons. The first kappa shape index (κ1) is 15.0. The van der Waals surface area contributed by atoms with Crippen LogP contribution in [0, 0.1) is 5.92 Å². The third-order valence-corrected chi connectivity index (χ3v) is 2.76. The Morgan fingerprint density at radius 2 is 2.06 bits per heavy atom. The average Bonchev–Trinajstić information content (AvgIpc) is 2.77. The van der Waals surface area contributed by atoms with Gasteiger partial charge in [-0.2, -0.15) is 4.98 Å². The first-order valence-corrected chi connectivity index (χ1v) is 5.81. The first-order valence-electron chi connectivity index (χ1n) is 5.43. The van der Waals surface area contributed by atoms with Gasteiger partial charge in [-0.1, -0.05) is 42.7 Å². The van der Waals surface area contributed by atoms with Crippen molar-refractivity contribution in [3.05, 3.63) is 35.2 Å². The van der Waals surface area contributed by atoms with E-state index in [9.17, 15) is 0 Å². The van der Waals surface area contributed by atoms with Crippen LogP contribution in [-0.2, 0) is 0 Å². The van der Waals surface area contributed by atoms with Gasteiger partial charge in [0.1, 0.15) is 0 Å². The minimum Gasteiger partial charge on any atom is -0.337 e. The molecule has 1 heterocycles. The third-order valence-electron chi connectivity index (χ3n) is 2.53. The second kappa shape index (κ2) is 6.18. The van der Waals surface area contributed by atoms with Crippen LogP contribution >= 0.6 is 24.0 Å². The normalized spacial score (nSPS) is 12.3. The summed E-state index contributed by atoms with van der Waals surface area (Å²) in [6.07, 6.45) is 0. The van der Waals surface area contributed by atoms with E-state index < -0.39 is 0 Å². The highest BCUT2D eigenvalue weighted by Crippen LogP contribution is 2.23. The van der Waals surface area contributed by atoms with E-state index in [0.717, 1.165) is 5.56 Å². The first-order chi connectivity index (χ1) is 8.08. The fraction of sp³-hybridized carbons (Fsp3) is 0.333. The van der Waals surface area contributed by atoms with E-state index in [-0.39, 0.29) is 24.4 Å². The lowest BCUT2D eigenvalue weighted by atomic mass is 10.1. The molecule has 2 N–H and O–H groups in total. The molecule has 0 saturated carbocycles. The molecule has 0 bridgehead atoms. The molecule has 0 spiro atoms. The van der Waals surface area contributed by atoms with E-state index in [1.54, 1.807) is 12.1 Å². The maximum Gasteiger partial charge on any atom is 0.244 e.